The van der Waals surface area contributed by atoms with Crippen molar-refractivity contribution < 1.29 is 4.79 Å². The summed E-state index contributed by atoms with van der Waals surface area (Å²) in [5, 5.41) is 3.91. The average Bonchev–Trinajstić information content (AvgIpc) is 2.90. The molecule has 1 amide bonds. The fourth-order valence-corrected chi connectivity index (χ4v) is 3.53. The molecule has 0 aromatic heterocycles. The zero-order valence-corrected chi connectivity index (χ0v) is 12.9. The molecule has 1 unspecified atom stereocenters. The lowest BCUT2D eigenvalue weighted by Gasteiger charge is -2.15. The Kier molecular flexibility index (Phi) is 4.99. The summed E-state index contributed by atoms with van der Waals surface area (Å²) in [6.45, 7) is 0.963. The molecule has 1 saturated heterocycles. The Bertz CT molecular complexity index is 459. The van der Waals surface area contributed by atoms with E-state index in [1.54, 1.807) is 25.1 Å². The van der Waals surface area contributed by atoms with Crippen molar-refractivity contribution in [2.45, 2.75) is 6.42 Å². The highest BCUT2D eigenvalue weighted by Crippen LogP contribution is 2.25. The SMILES string of the molecule is CN(C)C(=O)c1cc(NCC2CCSC2)ccc1Cl. The number of carbonyl (C=O) groups is 1. The molecule has 1 aliphatic rings. The lowest BCUT2D eigenvalue weighted by Crippen LogP contribution is -2.22. The molecule has 1 N–H and O–H groups in total. The Balaban J connectivity index is 2.05. The van der Waals surface area contributed by atoms with Crippen molar-refractivity contribution in [2.75, 3.05) is 37.5 Å². The number of amides is 1. The molecule has 1 atom stereocenters. The Morgan fingerprint density at radius 3 is 2.95 bits per heavy atom. The van der Waals surface area contributed by atoms with Crippen LogP contribution < -0.4 is 5.32 Å². The first-order valence-corrected chi connectivity index (χ1v) is 7.94. The monoisotopic (exact) mass is 298 g/mol. The highest BCUT2D eigenvalue weighted by molar-refractivity contribution is 7.99. The smallest absolute Gasteiger partial charge is 0.254 e. The van der Waals surface area contributed by atoms with E-state index >= 15 is 0 Å². The predicted molar refractivity (Wildman–Crippen MR) is 83.4 cm³/mol. The fraction of sp³-hybridized carbons (Fsp3) is 0.500. The van der Waals surface area contributed by atoms with Gasteiger partial charge in [-0.05, 0) is 42.0 Å². The Hall–Kier alpha value is -0.870. The van der Waals surface area contributed by atoms with E-state index in [-0.39, 0.29) is 5.91 Å². The molecule has 3 nitrogen and oxygen atoms in total. The molecular formula is C14H19ClN2OS. The molecule has 2 rings (SSSR count). The third-order valence-corrected chi connectivity index (χ3v) is 4.78. The third-order valence-electron chi connectivity index (χ3n) is 3.22. The van der Waals surface area contributed by atoms with Gasteiger partial charge in [0.15, 0.2) is 0 Å². The molecule has 0 aliphatic carbocycles. The van der Waals surface area contributed by atoms with E-state index in [0.717, 1.165) is 18.2 Å². The minimum absolute atomic E-state index is 0.0647. The van der Waals surface area contributed by atoms with Crippen LogP contribution in [0.4, 0.5) is 5.69 Å². The fourth-order valence-electron chi connectivity index (χ4n) is 2.05. The summed E-state index contributed by atoms with van der Waals surface area (Å²) in [5.74, 6) is 3.15. The Morgan fingerprint density at radius 2 is 2.32 bits per heavy atom. The van der Waals surface area contributed by atoms with E-state index < -0.39 is 0 Å². The van der Waals surface area contributed by atoms with Crippen LogP contribution in [-0.2, 0) is 0 Å². The van der Waals surface area contributed by atoms with Crippen LogP contribution >= 0.6 is 23.4 Å². The lowest BCUT2D eigenvalue weighted by atomic mass is 10.1. The van der Waals surface area contributed by atoms with Gasteiger partial charge in [0.1, 0.15) is 0 Å². The summed E-state index contributed by atoms with van der Waals surface area (Å²) in [6.07, 6.45) is 1.27. The van der Waals surface area contributed by atoms with Gasteiger partial charge in [0, 0.05) is 26.3 Å². The predicted octanol–water partition coefficient (Wildman–Crippen LogP) is 3.21. The summed E-state index contributed by atoms with van der Waals surface area (Å²) in [4.78, 5) is 13.5. The largest absolute Gasteiger partial charge is 0.385 e. The molecule has 0 radical (unpaired) electrons. The number of hydrogen-bond donors (Lipinski definition) is 1. The Labute approximate surface area is 123 Å². The second kappa shape index (κ2) is 6.53. The molecule has 5 heteroatoms. The van der Waals surface area contributed by atoms with Crippen molar-refractivity contribution >= 4 is 35.0 Å². The maximum Gasteiger partial charge on any atom is 0.254 e. The van der Waals surface area contributed by atoms with E-state index in [2.05, 4.69) is 5.32 Å². The summed E-state index contributed by atoms with van der Waals surface area (Å²) >= 11 is 8.09. The van der Waals surface area contributed by atoms with Gasteiger partial charge in [0.2, 0.25) is 0 Å². The van der Waals surface area contributed by atoms with E-state index in [4.69, 9.17) is 11.6 Å². The van der Waals surface area contributed by atoms with Crippen molar-refractivity contribution in [2.24, 2.45) is 5.92 Å². The zero-order valence-electron chi connectivity index (χ0n) is 11.3. The maximum absolute atomic E-state index is 12.0. The summed E-state index contributed by atoms with van der Waals surface area (Å²) in [6, 6.07) is 5.55. The third kappa shape index (κ3) is 3.80. The highest BCUT2D eigenvalue weighted by Gasteiger charge is 2.16. The van der Waals surface area contributed by atoms with Crippen LogP contribution in [-0.4, -0.2) is 43.0 Å². The number of nitrogens with zero attached hydrogens (tertiary/aromatic N) is 1. The zero-order chi connectivity index (χ0) is 13.8. The van der Waals surface area contributed by atoms with Gasteiger partial charge in [-0.15, -0.1) is 0 Å². The van der Waals surface area contributed by atoms with Gasteiger partial charge in [0.05, 0.1) is 10.6 Å². The lowest BCUT2D eigenvalue weighted by molar-refractivity contribution is 0.0828. The Morgan fingerprint density at radius 1 is 1.53 bits per heavy atom. The molecule has 1 heterocycles. The van der Waals surface area contributed by atoms with Gasteiger partial charge in [-0.25, -0.2) is 0 Å². The van der Waals surface area contributed by atoms with Crippen molar-refractivity contribution in [1.82, 2.24) is 4.90 Å². The van der Waals surface area contributed by atoms with Crippen LogP contribution in [0.3, 0.4) is 0 Å². The first-order valence-electron chi connectivity index (χ1n) is 6.40. The normalized spacial score (nSPS) is 18.4. The van der Waals surface area contributed by atoms with Crippen LogP contribution in [0, 0.1) is 5.92 Å². The summed E-state index contributed by atoms with van der Waals surface area (Å²) in [5.41, 5.74) is 1.52. The summed E-state index contributed by atoms with van der Waals surface area (Å²) < 4.78 is 0. The van der Waals surface area contributed by atoms with Crippen LogP contribution in [0.2, 0.25) is 5.02 Å². The molecule has 1 aromatic rings. The van der Waals surface area contributed by atoms with Gasteiger partial charge < -0.3 is 10.2 Å². The van der Waals surface area contributed by atoms with Gasteiger partial charge in [-0.1, -0.05) is 11.6 Å². The van der Waals surface area contributed by atoms with Crippen LogP contribution in [0.15, 0.2) is 18.2 Å². The highest BCUT2D eigenvalue weighted by atomic mass is 35.5. The first-order chi connectivity index (χ1) is 9.08. The number of halogens is 1. The number of hydrogen-bond acceptors (Lipinski definition) is 3. The standard InChI is InChI=1S/C14H19ClN2OS/c1-17(2)14(18)12-7-11(3-4-13(12)15)16-8-10-5-6-19-9-10/h3-4,7,10,16H,5-6,8-9H2,1-2H3. The number of nitrogens with one attached hydrogen (secondary N) is 1. The quantitative estimate of drug-likeness (QED) is 0.926. The van der Waals surface area contributed by atoms with Crippen molar-refractivity contribution in [1.29, 1.82) is 0 Å². The number of thioether (sulfide) groups is 1. The number of anilines is 1. The molecular weight excluding hydrogens is 280 g/mol. The van der Waals surface area contributed by atoms with Crippen LogP contribution in [0.5, 0.6) is 0 Å². The van der Waals surface area contributed by atoms with Gasteiger partial charge in [0.25, 0.3) is 5.91 Å². The minimum Gasteiger partial charge on any atom is -0.385 e. The van der Waals surface area contributed by atoms with Gasteiger partial charge >= 0.3 is 0 Å². The number of carbonyl (C=O) groups excluding carboxylic acids is 1. The van der Waals surface area contributed by atoms with Crippen molar-refractivity contribution in [3.8, 4) is 0 Å². The molecule has 0 saturated carbocycles. The van der Waals surface area contributed by atoms with Crippen LogP contribution in [0.25, 0.3) is 0 Å². The van der Waals surface area contributed by atoms with Gasteiger partial charge in [-0.2, -0.15) is 11.8 Å². The number of rotatable bonds is 4. The molecule has 104 valence electrons. The summed E-state index contributed by atoms with van der Waals surface area (Å²) in [7, 11) is 3.46. The number of benzene rings is 1. The molecule has 1 aromatic carbocycles. The van der Waals surface area contributed by atoms with E-state index in [1.807, 2.05) is 23.9 Å². The molecule has 19 heavy (non-hydrogen) atoms. The van der Waals surface area contributed by atoms with E-state index in [9.17, 15) is 4.79 Å². The molecule has 0 spiro atoms. The van der Waals surface area contributed by atoms with E-state index in [1.165, 1.54) is 17.9 Å². The molecule has 1 aliphatic heterocycles. The second-order valence-electron chi connectivity index (χ2n) is 5.00. The topological polar surface area (TPSA) is 32.3 Å². The average molecular weight is 299 g/mol. The van der Waals surface area contributed by atoms with Gasteiger partial charge in [-0.3, -0.25) is 4.79 Å². The molecule has 1 fully saturated rings. The molecule has 0 bridgehead atoms. The first kappa shape index (κ1) is 14.5. The van der Waals surface area contributed by atoms with Crippen molar-refractivity contribution in [3.05, 3.63) is 28.8 Å². The van der Waals surface area contributed by atoms with Crippen LogP contribution in [0.1, 0.15) is 16.8 Å². The minimum atomic E-state index is -0.0647. The second-order valence-corrected chi connectivity index (χ2v) is 6.56. The van der Waals surface area contributed by atoms with Crippen molar-refractivity contribution in [3.63, 3.8) is 0 Å². The van der Waals surface area contributed by atoms with E-state index in [0.29, 0.717) is 10.6 Å². The maximum atomic E-state index is 12.0.